The summed E-state index contributed by atoms with van der Waals surface area (Å²) in [6.07, 6.45) is 0. The first-order valence-corrected chi connectivity index (χ1v) is 7.78. The summed E-state index contributed by atoms with van der Waals surface area (Å²) in [5.74, 6) is 0.162. The lowest BCUT2D eigenvalue weighted by molar-refractivity contribution is 0.0431. The predicted molar refractivity (Wildman–Crippen MR) is 84.0 cm³/mol. The fraction of sp³-hybridized carbons (Fsp3) is 0.200. The van der Waals surface area contributed by atoms with E-state index in [4.69, 9.17) is 9.15 Å². The number of rotatable bonds is 6. The Kier molecular flexibility index (Phi) is 4.62. The van der Waals surface area contributed by atoms with Crippen LogP contribution in [0.2, 0.25) is 0 Å². The first-order valence-electron chi connectivity index (χ1n) is 6.90. The van der Waals surface area contributed by atoms with Crippen LogP contribution in [0.25, 0.3) is 0 Å². The highest BCUT2D eigenvalue weighted by Crippen LogP contribution is 2.17. The van der Waals surface area contributed by atoms with Crippen molar-refractivity contribution in [2.75, 3.05) is 5.32 Å². The minimum Gasteiger partial charge on any atom is -0.451 e. The number of thiazole rings is 1. The van der Waals surface area contributed by atoms with Crippen molar-refractivity contribution < 1.29 is 13.9 Å². The number of ether oxygens (including phenoxy) is 1. The molecule has 0 bridgehead atoms. The van der Waals surface area contributed by atoms with E-state index in [0.717, 1.165) is 5.56 Å². The van der Waals surface area contributed by atoms with Crippen LogP contribution in [0.15, 0.2) is 40.1 Å². The van der Waals surface area contributed by atoms with Gasteiger partial charge in [0, 0.05) is 18.8 Å². The number of hydrogen-bond donors (Lipinski definition) is 1. The van der Waals surface area contributed by atoms with Crippen molar-refractivity contribution in [1.29, 1.82) is 0 Å². The van der Waals surface area contributed by atoms with Gasteiger partial charge < -0.3 is 14.5 Å². The minimum absolute atomic E-state index is 0.0655. The van der Waals surface area contributed by atoms with Crippen LogP contribution in [-0.4, -0.2) is 21.2 Å². The summed E-state index contributed by atoms with van der Waals surface area (Å²) < 4.78 is 10.2. The van der Waals surface area contributed by atoms with Crippen molar-refractivity contribution in [2.45, 2.75) is 20.1 Å². The van der Waals surface area contributed by atoms with E-state index in [-0.39, 0.29) is 18.2 Å². The Labute approximate surface area is 136 Å². The maximum Gasteiger partial charge on any atom is 0.358 e. The predicted octanol–water partition coefficient (Wildman–Crippen LogP) is 2.80. The molecule has 1 aromatic carbocycles. The molecule has 3 rings (SSSR count). The summed E-state index contributed by atoms with van der Waals surface area (Å²) >= 11 is 1.35. The molecule has 0 aliphatic heterocycles. The SMILES string of the molecule is Cc1nnc(COC(=O)c2csc(NCc3ccccc3)n2)o1. The topological polar surface area (TPSA) is 90.1 Å². The highest BCUT2D eigenvalue weighted by molar-refractivity contribution is 7.13. The molecule has 1 N–H and O–H groups in total. The second-order valence-electron chi connectivity index (χ2n) is 4.67. The monoisotopic (exact) mass is 330 g/mol. The molecule has 2 aromatic heterocycles. The smallest absolute Gasteiger partial charge is 0.358 e. The van der Waals surface area contributed by atoms with Gasteiger partial charge in [-0.15, -0.1) is 21.5 Å². The number of carbonyl (C=O) groups is 1. The van der Waals surface area contributed by atoms with E-state index in [2.05, 4.69) is 20.5 Å². The number of aryl methyl sites for hydroxylation is 1. The fourth-order valence-electron chi connectivity index (χ4n) is 1.82. The molecule has 23 heavy (non-hydrogen) atoms. The maximum atomic E-state index is 11.9. The average molecular weight is 330 g/mol. The van der Waals surface area contributed by atoms with E-state index in [1.165, 1.54) is 11.3 Å². The van der Waals surface area contributed by atoms with Crippen molar-refractivity contribution in [3.05, 3.63) is 58.8 Å². The molecule has 0 radical (unpaired) electrons. The Balaban J connectivity index is 1.52. The second kappa shape index (κ2) is 7.01. The van der Waals surface area contributed by atoms with Crippen LogP contribution in [0.3, 0.4) is 0 Å². The van der Waals surface area contributed by atoms with Gasteiger partial charge in [-0.05, 0) is 5.56 Å². The number of nitrogens with one attached hydrogen (secondary N) is 1. The average Bonchev–Trinajstić information content (AvgIpc) is 3.21. The summed E-state index contributed by atoms with van der Waals surface area (Å²) in [5, 5.41) is 12.9. The lowest BCUT2D eigenvalue weighted by Gasteiger charge is -2.02. The molecule has 0 aliphatic carbocycles. The molecule has 2 heterocycles. The van der Waals surface area contributed by atoms with Crippen molar-refractivity contribution in [2.24, 2.45) is 0 Å². The van der Waals surface area contributed by atoms with Crippen molar-refractivity contribution >= 4 is 22.4 Å². The Morgan fingerprint density at radius 1 is 1.30 bits per heavy atom. The van der Waals surface area contributed by atoms with Crippen LogP contribution in [0.1, 0.15) is 27.8 Å². The zero-order chi connectivity index (χ0) is 16.1. The highest BCUT2D eigenvalue weighted by Gasteiger charge is 2.14. The second-order valence-corrected chi connectivity index (χ2v) is 5.53. The number of esters is 1. The van der Waals surface area contributed by atoms with Crippen molar-refractivity contribution in [1.82, 2.24) is 15.2 Å². The number of nitrogens with zero attached hydrogens (tertiary/aromatic N) is 3. The van der Waals surface area contributed by atoms with Crippen molar-refractivity contribution in [3.63, 3.8) is 0 Å². The molecule has 7 nitrogen and oxygen atoms in total. The molecule has 0 atom stereocenters. The third-order valence-electron chi connectivity index (χ3n) is 2.89. The summed E-state index contributed by atoms with van der Waals surface area (Å²) in [6.45, 7) is 2.25. The van der Waals surface area contributed by atoms with Gasteiger partial charge in [0.15, 0.2) is 17.4 Å². The number of benzene rings is 1. The lowest BCUT2D eigenvalue weighted by atomic mass is 10.2. The van der Waals surface area contributed by atoms with Gasteiger partial charge in [-0.1, -0.05) is 30.3 Å². The molecular weight excluding hydrogens is 316 g/mol. The summed E-state index contributed by atoms with van der Waals surface area (Å²) in [5.41, 5.74) is 1.39. The quantitative estimate of drug-likeness (QED) is 0.695. The van der Waals surface area contributed by atoms with Crippen molar-refractivity contribution in [3.8, 4) is 0 Å². The molecule has 0 saturated carbocycles. The number of hydrogen-bond acceptors (Lipinski definition) is 8. The van der Waals surface area contributed by atoms with Gasteiger partial charge in [-0.3, -0.25) is 0 Å². The lowest BCUT2D eigenvalue weighted by Crippen LogP contribution is -2.06. The Bertz CT molecular complexity index is 785. The van der Waals surface area contributed by atoms with E-state index >= 15 is 0 Å². The van der Waals surface area contributed by atoms with Gasteiger partial charge in [0.25, 0.3) is 5.89 Å². The van der Waals surface area contributed by atoms with E-state index in [0.29, 0.717) is 17.6 Å². The first-order chi connectivity index (χ1) is 11.2. The van der Waals surface area contributed by atoms with Crippen LogP contribution in [0.4, 0.5) is 5.13 Å². The van der Waals surface area contributed by atoms with E-state index in [1.807, 2.05) is 30.3 Å². The molecule has 0 saturated heterocycles. The molecule has 0 unspecified atom stereocenters. The Morgan fingerprint density at radius 2 is 2.13 bits per heavy atom. The summed E-state index contributed by atoms with van der Waals surface area (Å²) in [7, 11) is 0. The fourth-order valence-corrected chi connectivity index (χ4v) is 2.50. The third kappa shape index (κ3) is 4.13. The molecular formula is C15H14N4O3S. The Hall–Kier alpha value is -2.74. The largest absolute Gasteiger partial charge is 0.451 e. The third-order valence-corrected chi connectivity index (χ3v) is 3.69. The van der Waals surface area contributed by atoms with Crippen LogP contribution in [-0.2, 0) is 17.9 Å². The minimum atomic E-state index is -0.523. The zero-order valence-corrected chi connectivity index (χ0v) is 13.2. The summed E-state index contributed by atoms with van der Waals surface area (Å²) in [6, 6.07) is 9.94. The number of carbonyl (C=O) groups excluding carboxylic acids is 1. The van der Waals surface area contributed by atoms with Gasteiger partial charge >= 0.3 is 5.97 Å². The normalized spacial score (nSPS) is 10.5. The molecule has 0 aliphatic rings. The van der Waals surface area contributed by atoms with E-state index < -0.39 is 5.97 Å². The van der Waals surface area contributed by atoms with Gasteiger partial charge in [0.2, 0.25) is 5.89 Å². The van der Waals surface area contributed by atoms with Crippen LogP contribution < -0.4 is 5.32 Å². The molecule has 3 aromatic rings. The molecule has 0 amide bonds. The number of anilines is 1. The first kappa shape index (κ1) is 15.2. The zero-order valence-electron chi connectivity index (χ0n) is 12.4. The Morgan fingerprint density at radius 3 is 2.87 bits per heavy atom. The molecule has 8 heteroatoms. The van der Waals surface area contributed by atoms with Crippen LogP contribution in [0.5, 0.6) is 0 Å². The molecule has 118 valence electrons. The maximum absolute atomic E-state index is 11.9. The van der Waals surface area contributed by atoms with E-state index in [9.17, 15) is 4.79 Å². The van der Waals surface area contributed by atoms with Gasteiger partial charge in [-0.25, -0.2) is 9.78 Å². The number of aromatic nitrogens is 3. The standard InChI is InChI=1S/C15H14N4O3S/c1-10-18-19-13(22-10)8-21-14(20)12-9-23-15(17-12)16-7-11-5-3-2-4-6-11/h2-6,9H,7-8H2,1H3,(H,16,17). The van der Waals surface area contributed by atoms with Gasteiger partial charge in [-0.2, -0.15) is 0 Å². The van der Waals surface area contributed by atoms with Crippen LogP contribution >= 0.6 is 11.3 Å². The molecule has 0 spiro atoms. The van der Waals surface area contributed by atoms with Gasteiger partial charge in [0.1, 0.15) is 0 Å². The van der Waals surface area contributed by atoms with E-state index in [1.54, 1.807) is 12.3 Å². The van der Waals surface area contributed by atoms with Crippen LogP contribution in [0, 0.1) is 6.92 Å². The molecule has 0 fully saturated rings. The van der Waals surface area contributed by atoms with Gasteiger partial charge in [0.05, 0.1) is 0 Å². The highest BCUT2D eigenvalue weighted by atomic mass is 32.1. The summed E-state index contributed by atoms with van der Waals surface area (Å²) in [4.78, 5) is 16.1.